The van der Waals surface area contributed by atoms with Gasteiger partial charge in [-0.25, -0.2) is 4.79 Å². The third-order valence-corrected chi connectivity index (χ3v) is 9.85. The monoisotopic (exact) mass is 892 g/mol. The highest BCUT2D eigenvalue weighted by Gasteiger charge is 2.21. The lowest BCUT2D eigenvalue weighted by molar-refractivity contribution is -0.142. The first-order chi connectivity index (χ1) is 29.3. The molecule has 0 rings (SSSR count). The van der Waals surface area contributed by atoms with Crippen molar-refractivity contribution in [3.8, 4) is 0 Å². The Kier molecular flexibility index (Phi) is 37.6. The number of likely N-dealkylation sites (N-methyl/N-ethyl adjacent to an activating group) is 1. The number of nitrogens with one attached hydrogen (secondary N) is 6. The van der Waals surface area contributed by atoms with Gasteiger partial charge >= 0.3 is 11.9 Å². The van der Waals surface area contributed by atoms with E-state index in [1.807, 2.05) is 0 Å². The normalized spacial score (nSPS) is 11.9. The van der Waals surface area contributed by atoms with Gasteiger partial charge in [0, 0.05) is 51.2 Å². The van der Waals surface area contributed by atoms with Crippen LogP contribution in [-0.2, 0) is 57.3 Å². The quantitative estimate of drug-likeness (QED) is 0.0388. The molecule has 0 unspecified atom stereocenters. The van der Waals surface area contributed by atoms with E-state index in [0.29, 0.717) is 12.2 Å². The summed E-state index contributed by atoms with van der Waals surface area (Å²) in [4.78, 5) is 93.5. The molecule has 61 heavy (non-hydrogen) atoms. The molecule has 5 amide bonds. The summed E-state index contributed by atoms with van der Waals surface area (Å²) < 4.78 is 21.3. The number of carbonyl (C=O) groups is 8. The molecule has 2 atom stereocenters. The van der Waals surface area contributed by atoms with Crippen molar-refractivity contribution >= 4 is 59.0 Å². The maximum Gasteiger partial charge on any atom is 0.326 e. The predicted molar refractivity (Wildman–Crippen MR) is 228 cm³/mol. The average molecular weight is 893 g/mol. The fourth-order valence-electron chi connectivity index (χ4n) is 5.39. The second-order valence-electron chi connectivity index (χ2n) is 14.1. The first kappa shape index (κ1) is 57.1. The average Bonchev–Trinajstić information content (AvgIpc) is 3.21. The Bertz CT molecular complexity index is 1260. The minimum atomic E-state index is -1.20. The van der Waals surface area contributed by atoms with Crippen LogP contribution in [0.2, 0.25) is 0 Å². The minimum Gasteiger partial charge on any atom is -0.481 e. The molecular formula is C40H72N6O14S. The smallest absolute Gasteiger partial charge is 0.326 e. The summed E-state index contributed by atoms with van der Waals surface area (Å²) in [7, 11) is 1.69. The fourth-order valence-corrected chi connectivity index (χ4v) is 6.43. The van der Waals surface area contributed by atoms with Crippen LogP contribution >= 0.6 is 11.8 Å². The van der Waals surface area contributed by atoms with Crippen LogP contribution in [0.3, 0.4) is 0 Å². The summed E-state index contributed by atoms with van der Waals surface area (Å²) in [5, 5.41) is 34.1. The molecule has 0 bridgehead atoms. The zero-order chi connectivity index (χ0) is 45.4. The largest absolute Gasteiger partial charge is 0.481 e. The minimum absolute atomic E-state index is 0.0115. The van der Waals surface area contributed by atoms with E-state index >= 15 is 0 Å². The zero-order valence-corrected chi connectivity index (χ0v) is 37.0. The number of carboxylic acids is 2. The lowest BCUT2D eigenvalue weighted by atomic mass is 10.0. The standard InChI is InChI=1S/C40H72N6O14S/c1-31(47)33(41-2)29-61-30-38(52)43-18-17-42-36(50)27-59-25-24-58-22-20-45-37(51)28-60-26-23-57-21-19-44-34(48)16-15-32(40(55)56)46-35(49)13-11-9-7-5-3-4-6-8-10-12-14-39(53)54/h32-33,41H,3-30H2,1-2H3,(H,42,50)(H,43,52)(H,44,48)(H,45,51)(H,46,49)(H,53,54)(H,55,56)/t32-,33-/m0/s1. The van der Waals surface area contributed by atoms with Crippen LogP contribution in [0.5, 0.6) is 0 Å². The summed E-state index contributed by atoms with van der Waals surface area (Å²) in [5.74, 6) is -2.82. The van der Waals surface area contributed by atoms with E-state index in [2.05, 4.69) is 31.9 Å². The Morgan fingerprint density at radius 2 is 0.967 bits per heavy atom. The highest BCUT2D eigenvalue weighted by molar-refractivity contribution is 8.00. The van der Waals surface area contributed by atoms with Crippen LogP contribution in [0.25, 0.3) is 0 Å². The Balaban J connectivity index is 3.68. The molecule has 8 N–H and O–H groups in total. The number of aliphatic carboxylic acids is 2. The van der Waals surface area contributed by atoms with Crippen molar-refractivity contribution in [3.63, 3.8) is 0 Å². The Morgan fingerprint density at radius 1 is 0.508 bits per heavy atom. The van der Waals surface area contributed by atoms with Crippen LogP contribution in [0, 0.1) is 0 Å². The lowest BCUT2D eigenvalue weighted by Gasteiger charge is -2.14. The van der Waals surface area contributed by atoms with E-state index in [1.54, 1.807) is 7.05 Å². The van der Waals surface area contributed by atoms with Gasteiger partial charge in [0.1, 0.15) is 25.0 Å². The van der Waals surface area contributed by atoms with Gasteiger partial charge in [-0.05, 0) is 33.2 Å². The van der Waals surface area contributed by atoms with Crippen LogP contribution in [0.15, 0.2) is 0 Å². The van der Waals surface area contributed by atoms with Gasteiger partial charge in [0.25, 0.3) is 0 Å². The highest BCUT2D eigenvalue weighted by Crippen LogP contribution is 2.12. The third kappa shape index (κ3) is 38.8. The SMILES string of the molecule is CN[C@@H](CSCC(=O)NCCNC(=O)COCCOCCNC(=O)COCCOCCNC(=O)CC[C@H](NC(=O)CCCCCCCCCCCCC(=O)O)C(=O)O)C(C)=O. The van der Waals surface area contributed by atoms with Crippen molar-refractivity contribution in [2.24, 2.45) is 0 Å². The van der Waals surface area contributed by atoms with Crippen molar-refractivity contribution in [1.82, 2.24) is 31.9 Å². The number of Topliss-reactive ketones (excluding diaryl/α,β-unsaturated/α-hetero) is 1. The molecule has 21 heteroatoms. The van der Waals surface area contributed by atoms with E-state index in [1.165, 1.54) is 18.7 Å². The van der Waals surface area contributed by atoms with Gasteiger partial charge in [0.2, 0.25) is 29.5 Å². The van der Waals surface area contributed by atoms with Crippen molar-refractivity contribution in [3.05, 3.63) is 0 Å². The molecule has 20 nitrogen and oxygen atoms in total. The second-order valence-corrected chi connectivity index (χ2v) is 15.2. The number of carbonyl (C=O) groups excluding carboxylic acids is 6. The topological polar surface area (TPSA) is 286 Å². The summed E-state index contributed by atoms with van der Waals surface area (Å²) in [6.45, 7) is 3.24. The fraction of sp³-hybridized carbons (Fsp3) is 0.800. The number of thioether (sulfide) groups is 1. The summed E-state index contributed by atoms with van der Waals surface area (Å²) in [6, 6.07) is -1.45. The number of rotatable bonds is 43. The molecule has 0 aliphatic heterocycles. The van der Waals surface area contributed by atoms with Crippen LogP contribution in [0.4, 0.5) is 0 Å². The van der Waals surface area contributed by atoms with Gasteiger partial charge in [-0.3, -0.25) is 33.6 Å². The van der Waals surface area contributed by atoms with Crippen LogP contribution in [-0.4, -0.2) is 167 Å². The predicted octanol–water partition coefficient (Wildman–Crippen LogP) is 0.543. The van der Waals surface area contributed by atoms with E-state index in [0.717, 1.165) is 57.8 Å². The number of amides is 5. The number of ether oxygens (including phenoxy) is 4. The van der Waals surface area contributed by atoms with Crippen molar-refractivity contribution in [1.29, 1.82) is 0 Å². The van der Waals surface area contributed by atoms with E-state index in [-0.39, 0.29) is 152 Å². The van der Waals surface area contributed by atoms with Gasteiger partial charge in [0.15, 0.2) is 0 Å². The number of carboxylic acid groups (broad SMARTS) is 2. The molecular weight excluding hydrogens is 821 g/mol. The molecule has 0 aromatic heterocycles. The Hall–Kier alpha value is -3.89. The number of hydrogen-bond donors (Lipinski definition) is 8. The van der Waals surface area contributed by atoms with Crippen molar-refractivity contribution < 1.29 is 67.5 Å². The van der Waals surface area contributed by atoms with Gasteiger partial charge in [0.05, 0.1) is 51.4 Å². The van der Waals surface area contributed by atoms with E-state index in [9.17, 15) is 43.5 Å². The Morgan fingerprint density at radius 3 is 1.46 bits per heavy atom. The van der Waals surface area contributed by atoms with E-state index < -0.39 is 18.0 Å². The lowest BCUT2D eigenvalue weighted by Crippen LogP contribution is -2.41. The number of hydrogen-bond acceptors (Lipinski definition) is 14. The second kappa shape index (κ2) is 40.2. The molecule has 0 saturated heterocycles. The first-order valence-corrected chi connectivity index (χ1v) is 22.4. The summed E-state index contributed by atoms with van der Waals surface area (Å²) in [5.41, 5.74) is 0. The molecule has 0 aromatic carbocycles. The van der Waals surface area contributed by atoms with Gasteiger partial charge in [-0.1, -0.05) is 51.4 Å². The summed E-state index contributed by atoms with van der Waals surface area (Å²) in [6.07, 6.45) is 9.91. The number of ketones is 1. The van der Waals surface area contributed by atoms with Gasteiger partial charge < -0.3 is 61.1 Å². The molecule has 0 heterocycles. The maximum absolute atomic E-state index is 12.3. The van der Waals surface area contributed by atoms with Crippen LogP contribution < -0.4 is 31.9 Å². The zero-order valence-electron chi connectivity index (χ0n) is 36.2. The molecule has 0 radical (unpaired) electrons. The summed E-state index contributed by atoms with van der Waals surface area (Å²) >= 11 is 1.35. The highest BCUT2D eigenvalue weighted by atomic mass is 32.2. The molecule has 0 aliphatic carbocycles. The molecule has 0 aromatic rings. The number of unbranched alkanes of at least 4 members (excludes halogenated alkanes) is 9. The Labute approximate surface area is 364 Å². The van der Waals surface area contributed by atoms with E-state index in [4.69, 9.17) is 24.1 Å². The molecule has 0 spiro atoms. The maximum atomic E-state index is 12.3. The van der Waals surface area contributed by atoms with Crippen molar-refractivity contribution in [2.45, 2.75) is 109 Å². The third-order valence-electron chi connectivity index (χ3n) is 8.81. The molecule has 0 aliphatic rings. The molecule has 0 fully saturated rings. The van der Waals surface area contributed by atoms with Gasteiger partial charge in [-0.15, -0.1) is 11.8 Å². The van der Waals surface area contributed by atoms with Gasteiger partial charge in [-0.2, -0.15) is 0 Å². The molecule has 0 saturated carbocycles. The van der Waals surface area contributed by atoms with Crippen molar-refractivity contribution in [2.75, 3.05) is 97.6 Å². The van der Waals surface area contributed by atoms with Crippen LogP contribution in [0.1, 0.15) is 96.8 Å². The first-order valence-electron chi connectivity index (χ1n) is 21.2. The molecule has 352 valence electrons.